The molecule has 2 rings (SSSR count). The quantitative estimate of drug-likeness (QED) is 0.627. The van der Waals surface area contributed by atoms with Crippen LogP contribution in [0.1, 0.15) is 19.3 Å². The van der Waals surface area contributed by atoms with Crippen molar-refractivity contribution in [1.82, 2.24) is 0 Å². The average molecular weight is 369 g/mol. The topological polar surface area (TPSA) is 55.8 Å². The summed E-state index contributed by atoms with van der Waals surface area (Å²) in [5, 5.41) is 10.5. The number of hydrogen-bond acceptors (Lipinski definition) is 3. The Bertz CT molecular complexity index is 641. The van der Waals surface area contributed by atoms with Gasteiger partial charge >= 0.3 is 5.97 Å². The fourth-order valence-corrected chi connectivity index (χ4v) is 2.31. The lowest BCUT2D eigenvalue weighted by atomic mass is 10.1. The van der Waals surface area contributed by atoms with E-state index in [-0.39, 0.29) is 0 Å². The van der Waals surface area contributed by atoms with E-state index in [1.807, 2.05) is 0 Å². The van der Waals surface area contributed by atoms with Crippen LogP contribution in [0, 0.1) is 0 Å². The number of hydrogen-bond donors (Lipinski definition) is 1. The third-order valence-corrected chi connectivity index (χ3v) is 3.81. The van der Waals surface area contributed by atoms with Crippen molar-refractivity contribution >= 4 is 29.2 Å². The van der Waals surface area contributed by atoms with Crippen molar-refractivity contribution in [1.29, 1.82) is 0 Å². The molecule has 2 aromatic rings. The lowest BCUT2D eigenvalue weighted by Gasteiger charge is -2.15. The van der Waals surface area contributed by atoms with Gasteiger partial charge in [0, 0.05) is 10.0 Å². The van der Waals surface area contributed by atoms with Crippen molar-refractivity contribution in [2.75, 3.05) is 6.61 Å². The first kappa shape index (κ1) is 18.4. The Morgan fingerprint density at radius 2 is 1.46 bits per heavy atom. The van der Waals surface area contributed by atoms with E-state index in [1.54, 1.807) is 48.5 Å². The van der Waals surface area contributed by atoms with Crippen LogP contribution in [0.5, 0.6) is 11.5 Å². The fourth-order valence-electron chi connectivity index (χ4n) is 2.06. The van der Waals surface area contributed by atoms with Gasteiger partial charge in [0.2, 0.25) is 0 Å². The molecule has 1 atom stereocenters. The van der Waals surface area contributed by atoms with Crippen LogP contribution in [0.3, 0.4) is 0 Å². The zero-order chi connectivity index (χ0) is 17.4. The Labute approximate surface area is 150 Å². The third-order valence-electron chi connectivity index (χ3n) is 3.31. The van der Waals surface area contributed by atoms with Crippen LogP contribution in [0.15, 0.2) is 48.5 Å². The third kappa shape index (κ3) is 6.30. The Morgan fingerprint density at radius 3 is 2.00 bits per heavy atom. The predicted molar refractivity (Wildman–Crippen MR) is 94.3 cm³/mol. The summed E-state index contributed by atoms with van der Waals surface area (Å²) in [6.45, 7) is 0.509. The average Bonchev–Trinajstić information content (AvgIpc) is 2.57. The number of ether oxygens (including phenoxy) is 2. The Kier molecular flexibility index (Phi) is 7.22. The fraction of sp³-hybridized carbons (Fsp3) is 0.278. The molecule has 0 fully saturated rings. The van der Waals surface area contributed by atoms with Crippen molar-refractivity contribution in [3.8, 4) is 11.5 Å². The van der Waals surface area contributed by atoms with Gasteiger partial charge in [-0.05, 0) is 67.8 Å². The number of carboxylic acids is 1. The van der Waals surface area contributed by atoms with Crippen LogP contribution < -0.4 is 9.47 Å². The van der Waals surface area contributed by atoms with E-state index in [9.17, 15) is 9.90 Å². The van der Waals surface area contributed by atoms with Crippen molar-refractivity contribution < 1.29 is 19.4 Å². The zero-order valence-electron chi connectivity index (χ0n) is 13.0. The van der Waals surface area contributed by atoms with Gasteiger partial charge in [-0.15, -0.1) is 0 Å². The smallest absolute Gasteiger partial charge is 0.344 e. The summed E-state index contributed by atoms with van der Waals surface area (Å²) in [5.41, 5.74) is 0. The first-order valence-corrected chi connectivity index (χ1v) is 8.33. The van der Waals surface area contributed by atoms with Crippen molar-refractivity contribution in [3.05, 3.63) is 58.6 Å². The number of carboxylic acid groups (broad SMARTS) is 1. The molecule has 0 bridgehead atoms. The Morgan fingerprint density at radius 1 is 0.917 bits per heavy atom. The number of aliphatic carboxylic acids is 1. The summed E-state index contributed by atoms with van der Waals surface area (Å²) in [4.78, 5) is 11.3. The second-order valence-electron chi connectivity index (χ2n) is 5.20. The molecule has 0 aromatic heterocycles. The molecule has 128 valence electrons. The summed E-state index contributed by atoms with van der Waals surface area (Å²) in [6.07, 6.45) is 0.929. The molecule has 0 aliphatic heterocycles. The maximum Gasteiger partial charge on any atom is 0.344 e. The highest BCUT2D eigenvalue weighted by Gasteiger charge is 2.18. The molecular formula is C18H18Cl2O4. The number of halogens is 2. The molecule has 1 unspecified atom stereocenters. The van der Waals surface area contributed by atoms with Crippen LogP contribution in [0.25, 0.3) is 0 Å². The van der Waals surface area contributed by atoms with Crippen molar-refractivity contribution in [3.63, 3.8) is 0 Å². The maximum atomic E-state index is 11.3. The summed E-state index contributed by atoms with van der Waals surface area (Å²) >= 11 is 11.6. The molecule has 24 heavy (non-hydrogen) atoms. The lowest BCUT2D eigenvalue weighted by molar-refractivity contribution is -0.145. The van der Waals surface area contributed by atoms with Gasteiger partial charge < -0.3 is 14.6 Å². The summed E-state index contributed by atoms with van der Waals surface area (Å²) < 4.78 is 11.1. The second-order valence-corrected chi connectivity index (χ2v) is 6.07. The molecule has 6 heteroatoms. The molecule has 2 aromatic carbocycles. The minimum atomic E-state index is -0.983. The van der Waals surface area contributed by atoms with E-state index in [1.165, 1.54) is 0 Å². The van der Waals surface area contributed by atoms with Crippen molar-refractivity contribution in [2.24, 2.45) is 0 Å². The van der Waals surface area contributed by atoms with Crippen molar-refractivity contribution in [2.45, 2.75) is 25.4 Å². The Hall–Kier alpha value is -1.91. The van der Waals surface area contributed by atoms with Gasteiger partial charge in [-0.2, -0.15) is 0 Å². The van der Waals surface area contributed by atoms with Crippen LogP contribution in [-0.2, 0) is 4.79 Å². The molecule has 0 aliphatic rings. The standard InChI is InChI=1S/C18H18Cl2O4/c19-13-4-8-15(9-5-13)23-12-2-1-3-17(18(21)22)24-16-10-6-14(20)7-11-16/h4-11,17H,1-3,12H2,(H,21,22). The number of rotatable bonds is 9. The zero-order valence-corrected chi connectivity index (χ0v) is 14.5. The molecule has 0 amide bonds. The van der Waals surface area contributed by atoms with E-state index >= 15 is 0 Å². The normalized spacial score (nSPS) is 11.8. The van der Waals surface area contributed by atoms with E-state index in [0.29, 0.717) is 35.2 Å². The van der Waals surface area contributed by atoms with Gasteiger partial charge in [-0.25, -0.2) is 4.79 Å². The minimum Gasteiger partial charge on any atom is -0.494 e. The summed E-state index contributed by atoms with van der Waals surface area (Å²) in [6, 6.07) is 13.8. The van der Waals surface area contributed by atoms with E-state index in [0.717, 1.165) is 12.2 Å². The van der Waals surface area contributed by atoms with Gasteiger partial charge in [0.1, 0.15) is 11.5 Å². The number of benzene rings is 2. The summed E-state index contributed by atoms with van der Waals surface area (Å²) in [5.74, 6) is 0.249. The molecule has 0 spiro atoms. The first-order chi connectivity index (χ1) is 11.5. The van der Waals surface area contributed by atoms with Crippen LogP contribution in [0.2, 0.25) is 10.0 Å². The summed E-state index contributed by atoms with van der Waals surface area (Å²) in [7, 11) is 0. The van der Waals surface area contributed by atoms with Gasteiger partial charge in [-0.1, -0.05) is 23.2 Å². The Balaban J connectivity index is 1.72. The van der Waals surface area contributed by atoms with E-state index in [2.05, 4.69) is 0 Å². The highest BCUT2D eigenvalue weighted by atomic mass is 35.5. The van der Waals surface area contributed by atoms with Crippen LogP contribution in [0.4, 0.5) is 0 Å². The molecule has 4 nitrogen and oxygen atoms in total. The molecule has 0 heterocycles. The highest BCUT2D eigenvalue weighted by Crippen LogP contribution is 2.19. The monoisotopic (exact) mass is 368 g/mol. The van der Waals surface area contributed by atoms with Crippen LogP contribution >= 0.6 is 23.2 Å². The first-order valence-electron chi connectivity index (χ1n) is 7.58. The molecule has 0 saturated heterocycles. The second kappa shape index (κ2) is 9.40. The molecule has 1 N–H and O–H groups in total. The molecule has 0 aliphatic carbocycles. The van der Waals surface area contributed by atoms with Gasteiger partial charge in [-0.3, -0.25) is 0 Å². The largest absolute Gasteiger partial charge is 0.494 e. The highest BCUT2D eigenvalue weighted by molar-refractivity contribution is 6.30. The number of carbonyl (C=O) groups is 1. The van der Waals surface area contributed by atoms with E-state index < -0.39 is 12.1 Å². The maximum absolute atomic E-state index is 11.3. The molecular weight excluding hydrogens is 351 g/mol. The molecule has 0 radical (unpaired) electrons. The number of unbranched alkanes of at least 4 members (excludes halogenated alkanes) is 1. The van der Waals surface area contributed by atoms with Gasteiger partial charge in [0.25, 0.3) is 0 Å². The SMILES string of the molecule is O=C(O)C(CCCCOc1ccc(Cl)cc1)Oc1ccc(Cl)cc1. The molecule has 0 saturated carbocycles. The van der Waals surface area contributed by atoms with Gasteiger partial charge in [0.15, 0.2) is 6.10 Å². The minimum absolute atomic E-state index is 0.405. The van der Waals surface area contributed by atoms with Crippen LogP contribution in [-0.4, -0.2) is 23.8 Å². The van der Waals surface area contributed by atoms with E-state index in [4.69, 9.17) is 32.7 Å². The lowest BCUT2D eigenvalue weighted by Crippen LogP contribution is -2.27. The van der Waals surface area contributed by atoms with Gasteiger partial charge in [0.05, 0.1) is 6.61 Å². The predicted octanol–water partition coefficient (Wildman–Crippen LogP) is 5.07.